The summed E-state index contributed by atoms with van der Waals surface area (Å²) in [5.74, 6) is -0.605. The SMILES string of the molecule is CC(C)C(N)CCN(C)C(=O)c1ccccc1C(=O)c1ccc(F)cc1. The molecule has 0 aliphatic carbocycles. The topological polar surface area (TPSA) is 63.4 Å². The lowest BCUT2D eigenvalue weighted by atomic mass is 9.97. The summed E-state index contributed by atoms with van der Waals surface area (Å²) in [5.41, 5.74) is 7.04. The molecule has 5 heteroatoms. The fourth-order valence-electron chi connectivity index (χ4n) is 2.61. The van der Waals surface area contributed by atoms with Crippen LogP contribution in [0.3, 0.4) is 0 Å². The molecule has 1 unspecified atom stereocenters. The number of hydrogen-bond acceptors (Lipinski definition) is 3. The van der Waals surface area contributed by atoms with E-state index < -0.39 is 5.82 Å². The summed E-state index contributed by atoms with van der Waals surface area (Å²) in [7, 11) is 1.70. The van der Waals surface area contributed by atoms with E-state index in [0.29, 0.717) is 35.6 Å². The highest BCUT2D eigenvalue weighted by Gasteiger charge is 2.21. The van der Waals surface area contributed by atoms with Crippen molar-refractivity contribution < 1.29 is 14.0 Å². The standard InChI is InChI=1S/C21H25FN2O2/c1-14(2)19(23)12-13-24(3)21(26)18-7-5-4-6-17(18)20(25)15-8-10-16(22)11-9-15/h4-11,14,19H,12-13,23H2,1-3H3. The molecule has 0 spiro atoms. The van der Waals surface area contributed by atoms with Gasteiger partial charge in [0, 0.05) is 30.8 Å². The van der Waals surface area contributed by atoms with Gasteiger partial charge in [-0.25, -0.2) is 4.39 Å². The van der Waals surface area contributed by atoms with Gasteiger partial charge in [-0.2, -0.15) is 0 Å². The first-order valence-corrected chi connectivity index (χ1v) is 8.71. The minimum atomic E-state index is -0.410. The number of rotatable bonds is 7. The van der Waals surface area contributed by atoms with E-state index in [1.807, 2.05) is 13.8 Å². The Bertz CT molecular complexity index is 772. The molecule has 0 aliphatic rings. The van der Waals surface area contributed by atoms with Crippen molar-refractivity contribution in [2.75, 3.05) is 13.6 Å². The smallest absolute Gasteiger partial charge is 0.254 e. The minimum Gasteiger partial charge on any atom is -0.342 e. The summed E-state index contributed by atoms with van der Waals surface area (Å²) < 4.78 is 13.1. The maximum Gasteiger partial charge on any atom is 0.254 e. The van der Waals surface area contributed by atoms with Crippen LogP contribution in [-0.2, 0) is 0 Å². The Morgan fingerprint density at radius 1 is 1.04 bits per heavy atom. The largest absolute Gasteiger partial charge is 0.342 e. The van der Waals surface area contributed by atoms with E-state index in [1.165, 1.54) is 24.3 Å². The molecule has 1 amide bonds. The van der Waals surface area contributed by atoms with Crippen LogP contribution in [-0.4, -0.2) is 36.2 Å². The Hall–Kier alpha value is -2.53. The summed E-state index contributed by atoms with van der Waals surface area (Å²) in [4.78, 5) is 27.1. The quantitative estimate of drug-likeness (QED) is 0.772. The van der Waals surface area contributed by atoms with Crippen molar-refractivity contribution >= 4 is 11.7 Å². The molecule has 0 radical (unpaired) electrons. The molecule has 2 rings (SSSR count). The lowest BCUT2D eigenvalue weighted by Crippen LogP contribution is -2.35. The highest BCUT2D eigenvalue weighted by molar-refractivity contribution is 6.15. The Morgan fingerprint density at radius 2 is 1.62 bits per heavy atom. The minimum absolute atomic E-state index is 0.0151. The number of halogens is 1. The molecule has 138 valence electrons. The third kappa shape index (κ3) is 4.76. The second-order valence-corrected chi connectivity index (χ2v) is 6.80. The number of ketones is 1. The van der Waals surface area contributed by atoms with Crippen LogP contribution in [0, 0.1) is 11.7 Å². The van der Waals surface area contributed by atoms with Gasteiger partial charge in [-0.05, 0) is 42.7 Å². The van der Waals surface area contributed by atoms with Gasteiger partial charge < -0.3 is 10.6 Å². The second kappa shape index (κ2) is 8.72. The lowest BCUT2D eigenvalue weighted by molar-refractivity contribution is 0.0784. The van der Waals surface area contributed by atoms with Gasteiger partial charge in [0.15, 0.2) is 5.78 Å². The number of carbonyl (C=O) groups is 2. The van der Waals surface area contributed by atoms with Gasteiger partial charge in [0.2, 0.25) is 0 Å². The van der Waals surface area contributed by atoms with Crippen LogP contribution >= 0.6 is 0 Å². The van der Waals surface area contributed by atoms with Crippen molar-refractivity contribution in [3.05, 3.63) is 71.0 Å². The number of nitrogens with two attached hydrogens (primary N) is 1. The molecule has 2 aromatic carbocycles. The first-order chi connectivity index (χ1) is 12.3. The number of benzene rings is 2. The van der Waals surface area contributed by atoms with Gasteiger partial charge in [-0.3, -0.25) is 9.59 Å². The highest BCUT2D eigenvalue weighted by atomic mass is 19.1. The monoisotopic (exact) mass is 356 g/mol. The Labute approximate surface area is 153 Å². The summed E-state index contributed by atoms with van der Waals surface area (Å²) in [6, 6.07) is 12.0. The zero-order valence-corrected chi connectivity index (χ0v) is 15.4. The number of nitrogens with zero attached hydrogens (tertiary/aromatic N) is 1. The van der Waals surface area contributed by atoms with Crippen LogP contribution in [0.15, 0.2) is 48.5 Å². The second-order valence-electron chi connectivity index (χ2n) is 6.80. The van der Waals surface area contributed by atoms with Gasteiger partial charge >= 0.3 is 0 Å². The van der Waals surface area contributed by atoms with Gasteiger partial charge in [-0.15, -0.1) is 0 Å². The molecule has 0 bridgehead atoms. The predicted molar refractivity (Wildman–Crippen MR) is 101 cm³/mol. The van der Waals surface area contributed by atoms with Crippen molar-refractivity contribution in [2.45, 2.75) is 26.3 Å². The van der Waals surface area contributed by atoms with Crippen LogP contribution in [0.2, 0.25) is 0 Å². The number of carbonyl (C=O) groups excluding carboxylic acids is 2. The lowest BCUT2D eigenvalue weighted by Gasteiger charge is -2.22. The highest BCUT2D eigenvalue weighted by Crippen LogP contribution is 2.17. The van der Waals surface area contributed by atoms with Crippen molar-refractivity contribution in [1.82, 2.24) is 4.90 Å². The van der Waals surface area contributed by atoms with E-state index >= 15 is 0 Å². The molecule has 4 nitrogen and oxygen atoms in total. The first-order valence-electron chi connectivity index (χ1n) is 8.71. The average molecular weight is 356 g/mol. The van der Waals surface area contributed by atoms with Crippen molar-refractivity contribution in [2.24, 2.45) is 11.7 Å². The first kappa shape index (κ1) is 19.8. The Kier molecular flexibility index (Phi) is 6.64. The van der Waals surface area contributed by atoms with Crippen LogP contribution in [0.25, 0.3) is 0 Å². The fourth-order valence-corrected chi connectivity index (χ4v) is 2.61. The zero-order chi connectivity index (χ0) is 19.3. The van der Waals surface area contributed by atoms with E-state index in [2.05, 4.69) is 0 Å². The van der Waals surface area contributed by atoms with Crippen molar-refractivity contribution in [1.29, 1.82) is 0 Å². The molecule has 0 aromatic heterocycles. The van der Waals surface area contributed by atoms with Crippen LogP contribution < -0.4 is 5.73 Å². The van der Waals surface area contributed by atoms with Gasteiger partial charge in [0.25, 0.3) is 5.91 Å². The zero-order valence-electron chi connectivity index (χ0n) is 15.4. The third-order valence-electron chi connectivity index (χ3n) is 4.51. The molecule has 0 heterocycles. The summed E-state index contributed by atoms with van der Waals surface area (Å²) >= 11 is 0. The molecule has 1 atom stereocenters. The predicted octanol–water partition coefficient (Wildman–Crippen LogP) is 3.50. The summed E-state index contributed by atoms with van der Waals surface area (Å²) in [5, 5.41) is 0. The van der Waals surface area contributed by atoms with Crippen LogP contribution in [0.1, 0.15) is 46.5 Å². The maximum absolute atomic E-state index is 13.1. The molecule has 2 N–H and O–H groups in total. The van der Waals surface area contributed by atoms with Crippen molar-refractivity contribution in [3.8, 4) is 0 Å². The molecule has 2 aromatic rings. The summed E-state index contributed by atoms with van der Waals surface area (Å²) in [6.07, 6.45) is 0.688. The third-order valence-corrected chi connectivity index (χ3v) is 4.51. The van der Waals surface area contributed by atoms with E-state index in [4.69, 9.17) is 5.73 Å². The maximum atomic E-state index is 13.1. The van der Waals surface area contributed by atoms with E-state index in [-0.39, 0.29) is 17.7 Å². The molecule has 0 fully saturated rings. The van der Waals surface area contributed by atoms with E-state index in [9.17, 15) is 14.0 Å². The Morgan fingerprint density at radius 3 is 2.19 bits per heavy atom. The fraction of sp³-hybridized carbons (Fsp3) is 0.333. The average Bonchev–Trinajstić information content (AvgIpc) is 2.65. The van der Waals surface area contributed by atoms with Gasteiger partial charge in [0.05, 0.1) is 5.56 Å². The van der Waals surface area contributed by atoms with Gasteiger partial charge in [-0.1, -0.05) is 32.0 Å². The van der Waals surface area contributed by atoms with E-state index in [0.717, 1.165) is 0 Å². The van der Waals surface area contributed by atoms with Gasteiger partial charge in [0.1, 0.15) is 5.82 Å². The number of amides is 1. The van der Waals surface area contributed by atoms with E-state index in [1.54, 1.807) is 36.2 Å². The molecular weight excluding hydrogens is 331 g/mol. The molecule has 0 saturated heterocycles. The Balaban J connectivity index is 2.21. The number of hydrogen-bond donors (Lipinski definition) is 1. The van der Waals surface area contributed by atoms with Crippen LogP contribution in [0.4, 0.5) is 4.39 Å². The molecule has 0 saturated carbocycles. The molecule has 26 heavy (non-hydrogen) atoms. The summed E-state index contributed by atoms with van der Waals surface area (Å²) in [6.45, 7) is 4.60. The molecule has 0 aliphatic heterocycles. The van der Waals surface area contributed by atoms with Crippen molar-refractivity contribution in [3.63, 3.8) is 0 Å². The van der Waals surface area contributed by atoms with Crippen LogP contribution in [0.5, 0.6) is 0 Å². The molecular formula is C21H25FN2O2. The normalized spacial score (nSPS) is 12.1.